The summed E-state index contributed by atoms with van der Waals surface area (Å²) in [6.07, 6.45) is 2.31. The van der Waals surface area contributed by atoms with Crippen molar-refractivity contribution in [3.8, 4) is 11.5 Å². The molecule has 2 aliphatic heterocycles. The van der Waals surface area contributed by atoms with Gasteiger partial charge in [-0.1, -0.05) is 12.1 Å². The molecule has 0 radical (unpaired) electrons. The van der Waals surface area contributed by atoms with Crippen LogP contribution in [0.4, 0.5) is 0 Å². The Morgan fingerprint density at radius 3 is 2.80 bits per heavy atom. The number of nitrogens with zero attached hydrogens (tertiary/aromatic N) is 1. The first-order valence-electron chi connectivity index (χ1n) is 8.81. The first-order valence-corrected chi connectivity index (χ1v) is 8.81. The van der Waals surface area contributed by atoms with E-state index in [1.54, 1.807) is 4.90 Å². The third kappa shape index (κ3) is 3.75. The van der Waals surface area contributed by atoms with E-state index in [4.69, 9.17) is 9.47 Å². The molecule has 0 bridgehead atoms. The van der Waals surface area contributed by atoms with Crippen LogP contribution >= 0.6 is 0 Å². The molecule has 0 aromatic heterocycles. The van der Waals surface area contributed by atoms with Crippen LogP contribution in [-0.4, -0.2) is 59.5 Å². The second kappa shape index (κ2) is 6.84. The lowest BCUT2D eigenvalue weighted by Crippen LogP contribution is -2.50. The summed E-state index contributed by atoms with van der Waals surface area (Å²) in [5, 5.41) is 19.1. The summed E-state index contributed by atoms with van der Waals surface area (Å²) in [4.78, 5) is 14.2. The summed E-state index contributed by atoms with van der Waals surface area (Å²) in [7, 11) is 0. The summed E-state index contributed by atoms with van der Waals surface area (Å²) in [5.41, 5.74) is 0.225. The Kier molecular flexibility index (Phi) is 4.93. The normalized spacial score (nSPS) is 20.7. The summed E-state index contributed by atoms with van der Waals surface area (Å²) in [5.74, 6) is 1.17. The number of carbonyl (C=O) groups excluding carboxylic acids is 1. The molecule has 0 aliphatic carbocycles. The fourth-order valence-corrected chi connectivity index (χ4v) is 3.66. The number of amides is 1. The molecule has 2 heterocycles. The van der Waals surface area contributed by atoms with Gasteiger partial charge in [-0.25, -0.2) is 0 Å². The molecule has 0 spiro atoms. The minimum absolute atomic E-state index is 0.0762. The monoisotopic (exact) mass is 349 g/mol. The van der Waals surface area contributed by atoms with Crippen LogP contribution in [0.2, 0.25) is 0 Å². The van der Waals surface area contributed by atoms with Crippen molar-refractivity contribution in [3.05, 3.63) is 23.8 Å². The number of hydrogen-bond acceptors (Lipinski definition) is 5. The standard InChI is InChI=1S/C19H27NO5/c1-18(2)9-14-5-3-6-15(17(14)25-18)24-10-16(23)20-8-4-7-19(11-20,12-21)13-22/h3,5-6,21-22H,4,7-13H2,1-2H3. The van der Waals surface area contributed by atoms with Crippen molar-refractivity contribution in [1.29, 1.82) is 0 Å². The number of aliphatic hydroxyl groups is 2. The highest BCUT2D eigenvalue weighted by Crippen LogP contribution is 2.41. The molecule has 1 amide bonds. The Balaban J connectivity index is 1.63. The maximum atomic E-state index is 12.5. The third-order valence-electron chi connectivity index (χ3n) is 5.09. The number of fused-ring (bicyclic) bond motifs is 1. The number of hydrogen-bond donors (Lipinski definition) is 2. The van der Waals surface area contributed by atoms with Crippen LogP contribution in [0.3, 0.4) is 0 Å². The van der Waals surface area contributed by atoms with Crippen LogP contribution < -0.4 is 9.47 Å². The summed E-state index contributed by atoms with van der Waals surface area (Å²) in [6.45, 7) is 4.72. The van der Waals surface area contributed by atoms with Gasteiger partial charge in [0.15, 0.2) is 18.1 Å². The topological polar surface area (TPSA) is 79.2 Å². The fraction of sp³-hybridized carbons (Fsp3) is 0.632. The maximum Gasteiger partial charge on any atom is 0.260 e. The molecule has 25 heavy (non-hydrogen) atoms. The van der Waals surface area contributed by atoms with E-state index < -0.39 is 5.41 Å². The van der Waals surface area contributed by atoms with Crippen molar-refractivity contribution in [2.75, 3.05) is 32.9 Å². The van der Waals surface area contributed by atoms with Crippen LogP contribution in [0.15, 0.2) is 18.2 Å². The van der Waals surface area contributed by atoms with Gasteiger partial charge in [-0.2, -0.15) is 0 Å². The summed E-state index contributed by atoms with van der Waals surface area (Å²) >= 11 is 0. The van der Waals surface area contributed by atoms with E-state index in [2.05, 4.69) is 0 Å². The molecule has 2 aliphatic rings. The van der Waals surface area contributed by atoms with Crippen LogP contribution in [0, 0.1) is 5.41 Å². The van der Waals surface area contributed by atoms with Crippen LogP contribution in [0.1, 0.15) is 32.3 Å². The zero-order valence-corrected chi connectivity index (χ0v) is 15.0. The number of likely N-dealkylation sites (tertiary alicyclic amines) is 1. The summed E-state index contributed by atoms with van der Waals surface area (Å²) in [6, 6.07) is 5.74. The van der Waals surface area contributed by atoms with Gasteiger partial charge in [-0.3, -0.25) is 4.79 Å². The van der Waals surface area contributed by atoms with E-state index >= 15 is 0 Å². The van der Waals surface area contributed by atoms with E-state index in [9.17, 15) is 15.0 Å². The highest BCUT2D eigenvalue weighted by Gasteiger charge is 2.37. The lowest BCUT2D eigenvalue weighted by Gasteiger charge is -2.40. The second-order valence-corrected chi connectivity index (χ2v) is 7.81. The van der Waals surface area contributed by atoms with Crippen molar-refractivity contribution in [2.45, 2.75) is 38.7 Å². The Morgan fingerprint density at radius 2 is 2.08 bits per heavy atom. The zero-order valence-electron chi connectivity index (χ0n) is 15.0. The van der Waals surface area contributed by atoms with Crippen LogP contribution in [0.25, 0.3) is 0 Å². The third-order valence-corrected chi connectivity index (χ3v) is 5.09. The lowest BCUT2D eigenvalue weighted by molar-refractivity contribution is -0.138. The Bertz CT molecular complexity index is 639. The quantitative estimate of drug-likeness (QED) is 0.839. The maximum absolute atomic E-state index is 12.5. The predicted octanol–water partition coefficient (Wildman–Crippen LogP) is 1.37. The Hall–Kier alpha value is -1.79. The molecule has 0 unspecified atom stereocenters. The average Bonchev–Trinajstić information content (AvgIpc) is 2.94. The molecule has 6 nitrogen and oxygen atoms in total. The molecule has 3 rings (SSSR count). The Morgan fingerprint density at radius 1 is 1.32 bits per heavy atom. The lowest BCUT2D eigenvalue weighted by atomic mass is 9.81. The number of benzene rings is 1. The van der Waals surface area contributed by atoms with Crippen molar-refractivity contribution < 1.29 is 24.5 Å². The van der Waals surface area contributed by atoms with E-state index in [-0.39, 0.29) is 31.3 Å². The van der Waals surface area contributed by atoms with Gasteiger partial charge in [0.05, 0.1) is 13.2 Å². The minimum atomic E-state index is -0.602. The number of piperidine rings is 1. The number of ether oxygens (including phenoxy) is 2. The van der Waals surface area contributed by atoms with Crippen LogP contribution in [-0.2, 0) is 11.2 Å². The molecule has 0 saturated carbocycles. The molecule has 2 N–H and O–H groups in total. The van der Waals surface area contributed by atoms with E-state index in [0.29, 0.717) is 18.8 Å². The van der Waals surface area contributed by atoms with E-state index in [1.165, 1.54) is 0 Å². The number of carbonyl (C=O) groups is 1. The van der Waals surface area contributed by atoms with Gasteiger partial charge in [0.25, 0.3) is 5.91 Å². The van der Waals surface area contributed by atoms with E-state index in [1.807, 2.05) is 32.0 Å². The summed E-state index contributed by atoms with van der Waals surface area (Å²) < 4.78 is 11.7. The number of para-hydroxylation sites is 1. The Labute approximate surface area is 148 Å². The fourth-order valence-electron chi connectivity index (χ4n) is 3.66. The molecule has 1 aromatic carbocycles. The van der Waals surface area contributed by atoms with Gasteiger partial charge in [0, 0.05) is 30.5 Å². The van der Waals surface area contributed by atoms with Gasteiger partial charge in [-0.15, -0.1) is 0 Å². The molecular weight excluding hydrogens is 322 g/mol. The van der Waals surface area contributed by atoms with Gasteiger partial charge in [0.2, 0.25) is 0 Å². The van der Waals surface area contributed by atoms with Gasteiger partial charge in [-0.05, 0) is 32.8 Å². The van der Waals surface area contributed by atoms with Crippen molar-refractivity contribution in [3.63, 3.8) is 0 Å². The SMILES string of the molecule is CC1(C)Cc2cccc(OCC(=O)N3CCCC(CO)(CO)C3)c2O1. The molecule has 1 aromatic rings. The molecule has 6 heteroatoms. The van der Waals surface area contributed by atoms with Crippen molar-refractivity contribution in [2.24, 2.45) is 5.41 Å². The van der Waals surface area contributed by atoms with Gasteiger partial charge < -0.3 is 24.6 Å². The van der Waals surface area contributed by atoms with Crippen LogP contribution in [0.5, 0.6) is 11.5 Å². The van der Waals surface area contributed by atoms with Gasteiger partial charge in [0.1, 0.15) is 5.60 Å². The molecular formula is C19H27NO5. The molecule has 138 valence electrons. The van der Waals surface area contributed by atoms with Gasteiger partial charge >= 0.3 is 0 Å². The number of aliphatic hydroxyl groups excluding tert-OH is 2. The largest absolute Gasteiger partial charge is 0.483 e. The smallest absolute Gasteiger partial charge is 0.260 e. The van der Waals surface area contributed by atoms with Crippen molar-refractivity contribution in [1.82, 2.24) is 4.90 Å². The molecule has 1 saturated heterocycles. The average molecular weight is 349 g/mol. The first kappa shape index (κ1) is 18.0. The zero-order chi connectivity index (χ0) is 18.1. The van der Waals surface area contributed by atoms with E-state index in [0.717, 1.165) is 30.6 Å². The second-order valence-electron chi connectivity index (χ2n) is 7.81. The highest BCUT2D eigenvalue weighted by atomic mass is 16.5. The highest BCUT2D eigenvalue weighted by molar-refractivity contribution is 5.78. The first-order chi connectivity index (χ1) is 11.9. The number of rotatable bonds is 5. The molecule has 0 atom stereocenters. The predicted molar refractivity (Wildman–Crippen MR) is 92.8 cm³/mol. The van der Waals surface area contributed by atoms with Crippen molar-refractivity contribution >= 4 is 5.91 Å². The molecule has 1 fully saturated rings. The minimum Gasteiger partial charge on any atom is -0.483 e.